The third-order valence-electron chi connectivity index (χ3n) is 4.01. The summed E-state index contributed by atoms with van der Waals surface area (Å²) in [5, 5.41) is 11.4. The lowest BCUT2D eigenvalue weighted by Crippen LogP contribution is -2.34. The zero-order chi connectivity index (χ0) is 23.6. The molecule has 0 radical (unpaired) electrons. The molecule has 2 aromatic carbocycles. The average Bonchev–Trinajstić information content (AvgIpc) is 3.27. The molecular formula is C22H18ClN5O5. The Morgan fingerprint density at radius 2 is 1.42 bits per heavy atom. The zero-order valence-electron chi connectivity index (χ0n) is 17.0. The largest absolute Gasteiger partial charge is 0.458 e. The number of carbonyl (C=O) groups excluding carboxylic acids is 4. The van der Waals surface area contributed by atoms with E-state index in [1.165, 1.54) is 12.3 Å². The van der Waals surface area contributed by atoms with Gasteiger partial charge in [-0.05, 0) is 48.5 Å². The summed E-state index contributed by atoms with van der Waals surface area (Å²) in [6.07, 6.45) is 1.18. The number of amides is 4. The van der Waals surface area contributed by atoms with E-state index in [1.807, 2.05) is 0 Å². The predicted molar refractivity (Wildman–Crippen MR) is 121 cm³/mol. The first kappa shape index (κ1) is 23.2. The van der Waals surface area contributed by atoms with E-state index in [0.29, 0.717) is 22.2 Å². The number of furan rings is 1. The van der Waals surface area contributed by atoms with Gasteiger partial charge in [0.25, 0.3) is 0 Å². The van der Waals surface area contributed by atoms with Crippen LogP contribution in [0.3, 0.4) is 0 Å². The second-order valence-electron chi connectivity index (χ2n) is 6.47. The van der Waals surface area contributed by atoms with Crippen molar-refractivity contribution in [3.63, 3.8) is 0 Å². The number of benzene rings is 2. The topological polar surface area (TPSA) is 142 Å². The van der Waals surface area contributed by atoms with Crippen LogP contribution in [0.25, 0.3) is 0 Å². The van der Waals surface area contributed by atoms with Crippen LogP contribution in [0.1, 0.15) is 11.5 Å². The molecule has 0 aliphatic carbocycles. The van der Waals surface area contributed by atoms with E-state index >= 15 is 0 Å². The second kappa shape index (κ2) is 11.3. The van der Waals surface area contributed by atoms with Crippen LogP contribution in [-0.4, -0.2) is 29.8 Å². The van der Waals surface area contributed by atoms with E-state index in [4.69, 9.17) is 16.0 Å². The molecule has 11 heteroatoms. The van der Waals surface area contributed by atoms with Gasteiger partial charge in [0.15, 0.2) is 0 Å². The van der Waals surface area contributed by atoms with Gasteiger partial charge in [-0.25, -0.2) is 5.43 Å². The Labute approximate surface area is 193 Å². The smallest absolute Gasteiger partial charge is 0.329 e. The van der Waals surface area contributed by atoms with E-state index in [2.05, 4.69) is 26.5 Å². The number of hydrogen-bond acceptors (Lipinski definition) is 6. The lowest BCUT2D eigenvalue weighted by Gasteiger charge is -2.05. The highest BCUT2D eigenvalue weighted by Gasteiger charge is 2.15. The van der Waals surface area contributed by atoms with E-state index < -0.39 is 23.6 Å². The summed E-state index contributed by atoms with van der Waals surface area (Å²) >= 11 is 5.76. The SMILES string of the molecule is O=C(NCc1ccc(/C=N/NC(=O)C(=O)Nc2ccc(Cl)cc2)o1)C(=O)Nc1ccccc1. The molecule has 168 valence electrons. The van der Waals surface area contributed by atoms with Gasteiger partial charge in [0.05, 0.1) is 12.8 Å². The minimum Gasteiger partial charge on any atom is -0.458 e. The minimum atomic E-state index is -0.982. The van der Waals surface area contributed by atoms with E-state index in [1.54, 1.807) is 60.7 Å². The Morgan fingerprint density at radius 3 is 2.12 bits per heavy atom. The fraction of sp³-hybridized carbons (Fsp3) is 0.0455. The van der Waals surface area contributed by atoms with Gasteiger partial charge in [-0.1, -0.05) is 29.8 Å². The molecule has 10 nitrogen and oxygen atoms in total. The zero-order valence-corrected chi connectivity index (χ0v) is 17.8. The number of para-hydroxylation sites is 1. The number of nitrogens with zero attached hydrogens (tertiary/aromatic N) is 1. The third kappa shape index (κ3) is 7.33. The molecule has 0 unspecified atom stereocenters. The highest BCUT2D eigenvalue weighted by Crippen LogP contribution is 2.13. The van der Waals surface area contributed by atoms with Crippen LogP contribution in [0.15, 0.2) is 76.2 Å². The average molecular weight is 468 g/mol. The Kier molecular flexibility index (Phi) is 7.92. The van der Waals surface area contributed by atoms with Crippen molar-refractivity contribution >= 4 is 52.8 Å². The van der Waals surface area contributed by atoms with Crippen molar-refractivity contribution in [1.82, 2.24) is 10.7 Å². The molecule has 33 heavy (non-hydrogen) atoms. The monoisotopic (exact) mass is 467 g/mol. The van der Waals surface area contributed by atoms with Crippen molar-refractivity contribution in [2.24, 2.45) is 5.10 Å². The molecular weight excluding hydrogens is 450 g/mol. The van der Waals surface area contributed by atoms with Crippen molar-refractivity contribution in [3.8, 4) is 0 Å². The van der Waals surface area contributed by atoms with Gasteiger partial charge in [-0.3, -0.25) is 19.2 Å². The summed E-state index contributed by atoms with van der Waals surface area (Å²) in [6, 6.07) is 17.9. The number of hydrazone groups is 1. The van der Waals surface area contributed by atoms with Gasteiger partial charge in [-0.2, -0.15) is 5.10 Å². The highest BCUT2D eigenvalue weighted by atomic mass is 35.5. The molecule has 0 aliphatic rings. The molecule has 3 rings (SSSR count). The number of anilines is 2. The van der Waals surface area contributed by atoms with Crippen molar-refractivity contribution in [2.75, 3.05) is 10.6 Å². The number of rotatable bonds is 6. The van der Waals surface area contributed by atoms with Gasteiger partial charge in [0.2, 0.25) is 0 Å². The molecule has 0 atom stereocenters. The van der Waals surface area contributed by atoms with Gasteiger partial charge < -0.3 is 20.4 Å². The fourth-order valence-electron chi connectivity index (χ4n) is 2.44. The van der Waals surface area contributed by atoms with Gasteiger partial charge in [-0.15, -0.1) is 0 Å². The van der Waals surface area contributed by atoms with Gasteiger partial charge >= 0.3 is 23.6 Å². The van der Waals surface area contributed by atoms with Crippen LogP contribution in [0.2, 0.25) is 5.02 Å². The van der Waals surface area contributed by atoms with Crippen molar-refractivity contribution < 1.29 is 23.6 Å². The summed E-state index contributed by atoms with van der Waals surface area (Å²) in [4.78, 5) is 47.4. The van der Waals surface area contributed by atoms with Crippen LogP contribution in [0, 0.1) is 0 Å². The molecule has 0 fully saturated rings. The minimum absolute atomic E-state index is 0.0370. The first-order chi connectivity index (χ1) is 15.9. The quantitative estimate of drug-likeness (QED) is 0.250. The Balaban J connectivity index is 1.42. The maximum absolute atomic E-state index is 11.9. The van der Waals surface area contributed by atoms with Crippen LogP contribution >= 0.6 is 11.6 Å². The molecule has 0 saturated carbocycles. The molecule has 0 spiro atoms. The molecule has 4 N–H and O–H groups in total. The second-order valence-corrected chi connectivity index (χ2v) is 6.90. The van der Waals surface area contributed by atoms with Gasteiger partial charge in [0.1, 0.15) is 11.5 Å². The number of halogens is 1. The number of hydrogen-bond donors (Lipinski definition) is 4. The summed E-state index contributed by atoms with van der Waals surface area (Å²) in [5.41, 5.74) is 2.97. The summed E-state index contributed by atoms with van der Waals surface area (Å²) in [5.74, 6) is -2.93. The van der Waals surface area contributed by atoms with E-state index in [9.17, 15) is 19.2 Å². The molecule has 0 bridgehead atoms. The Bertz CT molecular complexity index is 1180. The standard InChI is InChI=1S/C22H18ClN5O5/c23-14-6-8-16(9-7-14)27-21(31)22(32)28-25-13-18-11-10-17(33-18)12-24-19(29)20(30)26-15-4-2-1-3-5-15/h1-11,13H,12H2,(H,24,29)(H,26,30)(H,27,31)(H,28,32)/b25-13+. The third-order valence-corrected chi connectivity index (χ3v) is 4.26. The fourth-order valence-corrected chi connectivity index (χ4v) is 2.57. The van der Waals surface area contributed by atoms with Crippen molar-refractivity contribution in [2.45, 2.75) is 6.54 Å². The van der Waals surface area contributed by atoms with Crippen LogP contribution < -0.4 is 21.4 Å². The molecule has 4 amide bonds. The molecule has 0 saturated heterocycles. The summed E-state index contributed by atoms with van der Waals surface area (Å²) < 4.78 is 5.42. The molecule has 1 heterocycles. The maximum atomic E-state index is 11.9. The predicted octanol–water partition coefficient (Wildman–Crippen LogP) is 2.28. The van der Waals surface area contributed by atoms with Crippen LogP contribution in [0.5, 0.6) is 0 Å². The van der Waals surface area contributed by atoms with Crippen molar-refractivity contribution in [1.29, 1.82) is 0 Å². The number of nitrogens with one attached hydrogen (secondary N) is 4. The Morgan fingerprint density at radius 1 is 0.788 bits per heavy atom. The van der Waals surface area contributed by atoms with E-state index in [-0.39, 0.29) is 12.3 Å². The summed E-state index contributed by atoms with van der Waals surface area (Å²) in [7, 11) is 0. The first-order valence-electron chi connectivity index (χ1n) is 9.53. The van der Waals surface area contributed by atoms with Crippen molar-refractivity contribution in [3.05, 3.63) is 83.3 Å². The highest BCUT2D eigenvalue weighted by molar-refractivity contribution is 6.40. The first-order valence-corrected chi connectivity index (χ1v) is 9.91. The van der Waals surface area contributed by atoms with Crippen LogP contribution in [-0.2, 0) is 25.7 Å². The van der Waals surface area contributed by atoms with Crippen LogP contribution in [0.4, 0.5) is 11.4 Å². The maximum Gasteiger partial charge on any atom is 0.329 e. The lowest BCUT2D eigenvalue weighted by atomic mass is 10.3. The van der Waals surface area contributed by atoms with Gasteiger partial charge in [0, 0.05) is 16.4 Å². The number of carbonyl (C=O) groups is 4. The lowest BCUT2D eigenvalue weighted by molar-refractivity contribution is -0.136. The molecule has 1 aromatic heterocycles. The van der Waals surface area contributed by atoms with E-state index in [0.717, 1.165) is 0 Å². The Hall–Kier alpha value is -4.44. The molecule has 3 aromatic rings. The molecule has 0 aliphatic heterocycles. The summed E-state index contributed by atoms with van der Waals surface area (Å²) in [6.45, 7) is -0.0370. The normalized spacial score (nSPS) is 10.5.